The van der Waals surface area contributed by atoms with Gasteiger partial charge in [0.05, 0.1) is 11.3 Å². The molecular weight excluding hydrogens is 336 g/mol. The second kappa shape index (κ2) is 8.04. The van der Waals surface area contributed by atoms with E-state index in [9.17, 15) is 9.90 Å². The van der Waals surface area contributed by atoms with Crippen molar-refractivity contribution in [2.45, 2.75) is 26.7 Å². The molecule has 3 aromatic rings. The van der Waals surface area contributed by atoms with Gasteiger partial charge in [0.2, 0.25) is 0 Å². The zero-order chi connectivity index (χ0) is 19.4. The molecule has 1 N–H and O–H groups in total. The number of nitrogens with zero attached hydrogens (tertiary/aromatic N) is 2. The van der Waals surface area contributed by atoms with Crippen LogP contribution in [-0.2, 0) is 0 Å². The minimum absolute atomic E-state index is 0.181. The maximum atomic E-state index is 11.8. The van der Waals surface area contributed by atoms with Crippen molar-refractivity contribution in [2.75, 3.05) is 11.4 Å². The summed E-state index contributed by atoms with van der Waals surface area (Å²) in [5, 5.41) is 9.70. The molecule has 27 heavy (non-hydrogen) atoms. The highest BCUT2D eigenvalue weighted by Crippen LogP contribution is 2.34. The number of para-hydroxylation sites is 1. The third-order valence-electron chi connectivity index (χ3n) is 5.00. The summed E-state index contributed by atoms with van der Waals surface area (Å²) < 4.78 is 0. The lowest BCUT2D eigenvalue weighted by Gasteiger charge is -2.31. The van der Waals surface area contributed by atoms with Gasteiger partial charge in [-0.3, -0.25) is 4.98 Å². The summed E-state index contributed by atoms with van der Waals surface area (Å²) in [6, 6.07) is 17.3. The zero-order valence-corrected chi connectivity index (χ0v) is 15.9. The van der Waals surface area contributed by atoms with Crippen LogP contribution < -0.4 is 4.90 Å². The Hall–Kier alpha value is -3.14. The molecule has 0 radical (unpaired) electrons. The summed E-state index contributed by atoms with van der Waals surface area (Å²) in [5.41, 5.74) is 5.49. The molecule has 0 saturated carbocycles. The lowest BCUT2D eigenvalue weighted by Crippen LogP contribution is -2.25. The summed E-state index contributed by atoms with van der Waals surface area (Å²) >= 11 is 0. The second-order valence-corrected chi connectivity index (χ2v) is 6.84. The summed E-state index contributed by atoms with van der Waals surface area (Å²) in [4.78, 5) is 18.2. The third-order valence-corrected chi connectivity index (χ3v) is 5.00. The van der Waals surface area contributed by atoms with Crippen molar-refractivity contribution in [2.24, 2.45) is 0 Å². The van der Waals surface area contributed by atoms with E-state index in [-0.39, 0.29) is 5.92 Å². The van der Waals surface area contributed by atoms with Gasteiger partial charge in [0, 0.05) is 30.5 Å². The molecule has 0 fully saturated rings. The number of hydrogen-bond donors (Lipinski definition) is 1. The number of hydrogen-bond acceptors (Lipinski definition) is 3. The molecule has 4 nitrogen and oxygen atoms in total. The summed E-state index contributed by atoms with van der Waals surface area (Å²) in [6.45, 7) is 6.94. The van der Waals surface area contributed by atoms with Crippen molar-refractivity contribution in [3.8, 4) is 0 Å². The maximum absolute atomic E-state index is 11.8. The minimum atomic E-state index is -0.921. The normalized spacial score (nSPS) is 11.8. The molecule has 2 aromatic carbocycles. The molecule has 0 aliphatic heterocycles. The first-order valence-electron chi connectivity index (χ1n) is 9.05. The molecule has 0 aliphatic rings. The van der Waals surface area contributed by atoms with Crippen molar-refractivity contribution >= 4 is 17.3 Å². The number of aromatic nitrogens is 1. The molecule has 0 spiro atoms. The Morgan fingerprint density at radius 2 is 1.78 bits per heavy atom. The lowest BCUT2D eigenvalue weighted by atomic mass is 9.99. The zero-order valence-electron chi connectivity index (χ0n) is 15.9. The molecule has 1 aromatic heterocycles. The SMILES string of the molecule is Cc1cccc(N(CC(C)c2cccnc2)c2ccccc2C(=O)O)c1C. The average molecular weight is 360 g/mol. The number of anilines is 2. The molecule has 1 unspecified atom stereocenters. The van der Waals surface area contributed by atoms with Crippen molar-refractivity contribution in [3.63, 3.8) is 0 Å². The van der Waals surface area contributed by atoms with Gasteiger partial charge in [0.25, 0.3) is 0 Å². The van der Waals surface area contributed by atoms with E-state index in [2.05, 4.69) is 48.9 Å². The van der Waals surface area contributed by atoms with E-state index in [1.165, 1.54) is 5.56 Å². The van der Waals surface area contributed by atoms with Gasteiger partial charge in [0.1, 0.15) is 0 Å². The number of carboxylic acid groups (broad SMARTS) is 1. The Balaban J connectivity index is 2.10. The minimum Gasteiger partial charge on any atom is -0.478 e. The number of carbonyl (C=O) groups is 1. The quantitative estimate of drug-likeness (QED) is 0.645. The van der Waals surface area contributed by atoms with Crippen LogP contribution in [0.25, 0.3) is 0 Å². The van der Waals surface area contributed by atoms with Crippen molar-refractivity contribution < 1.29 is 9.90 Å². The van der Waals surface area contributed by atoms with Gasteiger partial charge in [-0.1, -0.05) is 37.3 Å². The van der Waals surface area contributed by atoms with Crippen LogP contribution in [0.5, 0.6) is 0 Å². The molecule has 0 saturated heterocycles. The lowest BCUT2D eigenvalue weighted by molar-refractivity contribution is 0.0697. The Labute approximate surface area is 160 Å². The molecule has 0 aliphatic carbocycles. The van der Waals surface area contributed by atoms with E-state index in [1.54, 1.807) is 18.3 Å². The van der Waals surface area contributed by atoms with Gasteiger partial charge in [-0.25, -0.2) is 4.79 Å². The molecule has 0 bridgehead atoms. The molecular formula is C23H24N2O2. The predicted octanol–water partition coefficient (Wildman–Crippen LogP) is 5.34. The van der Waals surface area contributed by atoms with Crippen LogP contribution in [0, 0.1) is 13.8 Å². The van der Waals surface area contributed by atoms with Crippen LogP contribution in [0.2, 0.25) is 0 Å². The standard InChI is InChI=1S/C23H24N2O2/c1-16-8-6-12-21(18(16)3)25(15-17(2)19-9-7-13-24-14-19)22-11-5-4-10-20(22)23(26)27/h4-14,17H,15H2,1-3H3,(H,26,27). The Bertz CT molecular complexity index is 938. The molecule has 3 rings (SSSR count). The second-order valence-electron chi connectivity index (χ2n) is 6.84. The Morgan fingerprint density at radius 1 is 1.04 bits per heavy atom. The Morgan fingerprint density at radius 3 is 2.48 bits per heavy atom. The van der Waals surface area contributed by atoms with Crippen molar-refractivity contribution in [1.29, 1.82) is 0 Å². The first-order chi connectivity index (χ1) is 13.0. The van der Waals surface area contributed by atoms with E-state index in [0.717, 1.165) is 16.8 Å². The molecule has 4 heteroatoms. The van der Waals surface area contributed by atoms with E-state index in [1.807, 2.05) is 30.5 Å². The van der Waals surface area contributed by atoms with Gasteiger partial charge >= 0.3 is 5.97 Å². The first-order valence-corrected chi connectivity index (χ1v) is 9.05. The van der Waals surface area contributed by atoms with Crippen LogP contribution in [0.3, 0.4) is 0 Å². The van der Waals surface area contributed by atoms with Crippen LogP contribution in [0.4, 0.5) is 11.4 Å². The van der Waals surface area contributed by atoms with Crippen molar-refractivity contribution in [1.82, 2.24) is 4.98 Å². The van der Waals surface area contributed by atoms with Crippen LogP contribution in [0.1, 0.15) is 39.9 Å². The first kappa shape index (κ1) is 18.6. The fraction of sp³-hybridized carbons (Fsp3) is 0.217. The number of benzene rings is 2. The largest absolute Gasteiger partial charge is 0.478 e. The Kier molecular flexibility index (Phi) is 5.55. The number of carboxylic acids is 1. The number of rotatable bonds is 6. The number of aromatic carboxylic acids is 1. The molecule has 1 heterocycles. The van der Waals surface area contributed by atoms with E-state index in [0.29, 0.717) is 17.8 Å². The highest BCUT2D eigenvalue weighted by molar-refractivity contribution is 5.95. The van der Waals surface area contributed by atoms with Crippen LogP contribution >= 0.6 is 0 Å². The van der Waals surface area contributed by atoms with E-state index in [4.69, 9.17) is 0 Å². The van der Waals surface area contributed by atoms with E-state index < -0.39 is 5.97 Å². The van der Waals surface area contributed by atoms with Gasteiger partial charge in [-0.2, -0.15) is 0 Å². The molecule has 1 atom stereocenters. The van der Waals surface area contributed by atoms with Gasteiger partial charge < -0.3 is 10.0 Å². The number of aryl methyl sites for hydroxylation is 1. The van der Waals surface area contributed by atoms with Crippen LogP contribution in [-0.4, -0.2) is 22.6 Å². The fourth-order valence-electron chi connectivity index (χ4n) is 3.29. The van der Waals surface area contributed by atoms with Crippen LogP contribution in [0.15, 0.2) is 67.0 Å². The van der Waals surface area contributed by atoms with Gasteiger partial charge in [-0.15, -0.1) is 0 Å². The number of pyridine rings is 1. The smallest absolute Gasteiger partial charge is 0.337 e. The summed E-state index contributed by atoms with van der Waals surface area (Å²) in [6.07, 6.45) is 3.63. The van der Waals surface area contributed by atoms with Crippen molar-refractivity contribution in [3.05, 3.63) is 89.2 Å². The average Bonchev–Trinajstić information content (AvgIpc) is 2.69. The summed E-state index contributed by atoms with van der Waals surface area (Å²) in [5.74, 6) is -0.740. The van der Waals surface area contributed by atoms with Gasteiger partial charge in [0.15, 0.2) is 0 Å². The summed E-state index contributed by atoms with van der Waals surface area (Å²) in [7, 11) is 0. The predicted molar refractivity (Wildman–Crippen MR) is 109 cm³/mol. The monoisotopic (exact) mass is 360 g/mol. The highest BCUT2D eigenvalue weighted by Gasteiger charge is 2.21. The molecule has 138 valence electrons. The van der Waals surface area contributed by atoms with E-state index >= 15 is 0 Å². The topological polar surface area (TPSA) is 53.4 Å². The highest BCUT2D eigenvalue weighted by atomic mass is 16.4. The van der Waals surface area contributed by atoms with Gasteiger partial charge in [-0.05, 0) is 54.8 Å². The third kappa shape index (κ3) is 4.00. The molecule has 0 amide bonds. The fourth-order valence-corrected chi connectivity index (χ4v) is 3.29. The maximum Gasteiger partial charge on any atom is 0.337 e.